The van der Waals surface area contributed by atoms with Crippen LogP contribution in [0.25, 0.3) is 0 Å². The molecule has 0 heterocycles. The third-order valence-corrected chi connectivity index (χ3v) is 3.94. The van der Waals surface area contributed by atoms with E-state index in [0.29, 0.717) is 0 Å². The lowest BCUT2D eigenvalue weighted by Gasteiger charge is -2.10. The zero-order valence-corrected chi connectivity index (χ0v) is 12.4. The highest BCUT2D eigenvalue weighted by Gasteiger charge is 2.06. The fourth-order valence-corrected chi connectivity index (χ4v) is 2.70. The van der Waals surface area contributed by atoms with Crippen molar-refractivity contribution in [3.05, 3.63) is 59.7 Å². The summed E-state index contributed by atoms with van der Waals surface area (Å²) >= 11 is 1.61. The van der Waals surface area contributed by atoms with Crippen LogP contribution in [0.2, 0.25) is 0 Å². The predicted molar refractivity (Wildman–Crippen MR) is 86.2 cm³/mol. The van der Waals surface area contributed by atoms with Crippen molar-refractivity contribution in [1.82, 2.24) is 0 Å². The number of benzene rings is 2. The second kappa shape index (κ2) is 7.62. The van der Waals surface area contributed by atoms with Crippen molar-refractivity contribution in [1.29, 1.82) is 5.26 Å². The minimum atomic E-state index is 0.750. The van der Waals surface area contributed by atoms with Crippen molar-refractivity contribution >= 4 is 17.4 Å². The smallest absolute Gasteiger partial charge is 0.102 e. The number of hydrogen-bond acceptors (Lipinski definition) is 3. The summed E-state index contributed by atoms with van der Waals surface area (Å²) in [6.45, 7) is 0.876. The Morgan fingerprint density at radius 1 is 1.10 bits per heavy atom. The fourth-order valence-electron chi connectivity index (χ4n) is 2.12. The lowest BCUT2D eigenvalue weighted by Crippen LogP contribution is -2.05. The largest absolute Gasteiger partial charge is 0.384 e. The molecule has 20 heavy (non-hydrogen) atoms. The summed E-state index contributed by atoms with van der Waals surface area (Å²) in [4.78, 5) is 1.03. The van der Waals surface area contributed by atoms with Crippen LogP contribution in [0.15, 0.2) is 53.4 Å². The Labute approximate surface area is 124 Å². The molecule has 3 heteroatoms. The molecule has 1 N–H and O–H groups in total. The summed E-state index contributed by atoms with van der Waals surface area (Å²) in [7, 11) is 0. The van der Waals surface area contributed by atoms with Crippen LogP contribution in [-0.4, -0.2) is 12.8 Å². The van der Waals surface area contributed by atoms with Crippen LogP contribution in [0.5, 0.6) is 0 Å². The monoisotopic (exact) mass is 282 g/mol. The molecule has 0 spiro atoms. The van der Waals surface area contributed by atoms with Gasteiger partial charge in [0.15, 0.2) is 0 Å². The highest BCUT2D eigenvalue weighted by Crippen LogP contribution is 2.26. The van der Waals surface area contributed by atoms with Gasteiger partial charge < -0.3 is 5.32 Å². The molecule has 0 aromatic heterocycles. The van der Waals surface area contributed by atoms with Gasteiger partial charge in [0.1, 0.15) is 6.07 Å². The first-order chi connectivity index (χ1) is 9.85. The quantitative estimate of drug-likeness (QED) is 0.633. The van der Waals surface area contributed by atoms with E-state index < -0.39 is 0 Å². The molecule has 0 aliphatic rings. The predicted octanol–water partition coefficient (Wildman–Crippen LogP) is 4.32. The van der Waals surface area contributed by atoms with E-state index in [1.807, 2.05) is 30.5 Å². The summed E-state index contributed by atoms with van der Waals surface area (Å²) in [5.41, 5.74) is 3.04. The van der Waals surface area contributed by atoms with Gasteiger partial charge >= 0.3 is 0 Å². The third-order valence-electron chi connectivity index (χ3n) is 3.16. The Kier molecular flexibility index (Phi) is 5.52. The molecular formula is C17H18N2S. The van der Waals surface area contributed by atoms with Crippen molar-refractivity contribution in [2.24, 2.45) is 0 Å². The van der Waals surface area contributed by atoms with Crippen molar-refractivity contribution in [2.45, 2.75) is 17.7 Å². The van der Waals surface area contributed by atoms with Gasteiger partial charge in [0.25, 0.3) is 0 Å². The van der Waals surface area contributed by atoms with Crippen LogP contribution in [0, 0.1) is 11.3 Å². The van der Waals surface area contributed by atoms with E-state index in [0.717, 1.165) is 35.5 Å². The second-order valence-corrected chi connectivity index (χ2v) is 5.36. The summed E-state index contributed by atoms with van der Waals surface area (Å²) in [5, 5.41) is 12.6. The highest BCUT2D eigenvalue weighted by atomic mass is 32.2. The van der Waals surface area contributed by atoms with Gasteiger partial charge in [0.05, 0.1) is 11.3 Å². The van der Waals surface area contributed by atoms with E-state index in [4.69, 9.17) is 0 Å². The number of nitriles is 1. The zero-order valence-electron chi connectivity index (χ0n) is 11.6. The van der Waals surface area contributed by atoms with E-state index in [1.54, 1.807) is 11.8 Å². The maximum absolute atomic E-state index is 9.26. The molecule has 2 nitrogen and oxygen atoms in total. The third kappa shape index (κ3) is 3.79. The molecular weight excluding hydrogens is 264 g/mol. The van der Waals surface area contributed by atoms with Gasteiger partial charge in [-0.05, 0) is 36.8 Å². The van der Waals surface area contributed by atoms with E-state index >= 15 is 0 Å². The van der Waals surface area contributed by atoms with Gasteiger partial charge in [0, 0.05) is 11.4 Å². The van der Waals surface area contributed by atoms with E-state index in [-0.39, 0.29) is 0 Å². The number of thioether (sulfide) groups is 1. The Hall–Kier alpha value is -1.92. The Morgan fingerprint density at radius 3 is 2.60 bits per heavy atom. The first kappa shape index (κ1) is 14.5. The molecule has 2 rings (SSSR count). The van der Waals surface area contributed by atoms with Crippen LogP contribution in [-0.2, 0) is 6.42 Å². The summed E-state index contributed by atoms with van der Waals surface area (Å²) in [6.07, 6.45) is 4.10. The molecule has 0 saturated carbocycles. The average molecular weight is 282 g/mol. The highest BCUT2D eigenvalue weighted by molar-refractivity contribution is 7.98. The number of nitrogens with zero attached hydrogens (tertiary/aromatic N) is 1. The standard InChI is InChI=1S/C17H18N2S/c1-20-17-11-5-10-16(15(17)13-18)19-12-6-9-14-7-3-2-4-8-14/h2-5,7-8,10-11,19H,6,9,12H2,1H3. The Morgan fingerprint density at radius 2 is 1.90 bits per heavy atom. The second-order valence-electron chi connectivity index (χ2n) is 4.51. The van der Waals surface area contributed by atoms with Crippen LogP contribution < -0.4 is 5.32 Å². The molecule has 0 bridgehead atoms. The zero-order chi connectivity index (χ0) is 14.2. The number of rotatable bonds is 6. The molecule has 0 unspecified atom stereocenters. The van der Waals surface area contributed by atoms with Gasteiger partial charge in [-0.15, -0.1) is 11.8 Å². The van der Waals surface area contributed by atoms with Gasteiger partial charge in [-0.2, -0.15) is 5.26 Å². The molecule has 2 aromatic carbocycles. The summed E-state index contributed by atoms with van der Waals surface area (Å²) in [5.74, 6) is 0. The van der Waals surface area contributed by atoms with Gasteiger partial charge in [-0.3, -0.25) is 0 Å². The molecule has 0 aliphatic carbocycles. The molecule has 0 radical (unpaired) electrons. The maximum atomic E-state index is 9.26. The van der Waals surface area contributed by atoms with Gasteiger partial charge in [-0.1, -0.05) is 36.4 Å². The fraction of sp³-hybridized carbons (Fsp3) is 0.235. The first-order valence-electron chi connectivity index (χ1n) is 6.70. The molecule has 0 amide bonds. The lowest BCUT2D eigenvalue weighted by molar-refractivity contribution is 0.862. The molecule has 0 atom stereocenters. The normalized spacial score (nSPS) is 10.0. The van der Waals surface area contributed by atoms with Crippen molar-refractivity contribution in [3.63, 3.8) is 0 Å². The number of anilines is 1. The first-order valence-corrected chi connectivity index (χ1v) is 7.92. The van der Waals surface area contributed by atoms with E-state index in [1.165, 1.54) is 5.56 Å². The Bertz CT molecular complexity index is 588. The molecule has 2 aromatic rings. The average Bonchev–Trinajstić information content (AvgIpc) is 2.52. The van der Waals surface area contributed by atoms with Gasteiger partial charge in [0.2, 0.25) is 0 Å². The molecule has 102 valence electrons. The SMILES string of the molecule is CSc1cccc(NCCCc2ccccc2)c1C#N. The minimum absolute atomic E-state index is 0.750. The molecule has 0 aliphatic heterocycles. The lowest BCUT2D eigenvalue weighted by atomic mass is 10.1. The van der Waals surface area contributed by atoms with Crippen molar-refractivity contribution in [2.75, 3.05) is 18.1 Å². The summed E-state index contributed by atoms with van der Waals surface area (Å²) < 4.78 is 0. The summed E-state index contributed by atoms with van der Waals surface area (Å²) in [6, 6.07) is 18.7. The maximum Gasteiger partial charge on any atom is 0.102 e. The van der Waals surface area contributed by atoms with Crippen molar-refractivity contribution in [3.8, 4) is 6.07 Å². The van der Waals surface area contributed by atoms with Gasteiger partial charge in [-0.25, -0.2) is 0 Å². The topological polar surface area (TPSA) is 35.8 Å². The van der Waals surface area contributed by atoms with E-state index in [2.05, 4.69) is 35.7 Å². The molecule has 0 saturated heterocycles. The Balaban J connectivity index is 1.90. The van der Waals surface area contributed by atoms with Crippen LogP contribution >= 0.6 is 11.8 Å². The number of nitrogens with one attached hydrogen (secondary N) is 1. The van der Waals surface area contributed by atoms with E-state index in [9.17, 15) is 5.26 Å². The minimum Gasteiger partial charge on any atom is -0.384 e. The van der Waals surface area contributed by atoms with Crippen molar-refractivity contribution < 1.29 is 0 Å². The van der Waals surface area contributed by atoms with Crippen LogP contribution in [0.1, 0.15) is 17.5 Å². The van der Waals surface area contributed by atoms with Crippen LogP contribution in [0.4, 0.5) is 5.69 Å². The van der Waals surface area contributed by atoms with Crippen LogP contribution in [0.3, 0.4) is 0 Å². The number of hydrogen-bond donors (Lipinski definition) is 1. The number of aryl methyl sites for hydroxylation is 1. The molecule has 0 fully saturated rings.